The fourth-order valence-electron chi connectivity index (χ4n) is 1.30. The number of nitrogens with zero attached hydrogens (tertiary/aromatic N) is 2. The number of furan rings is 1. The van der Waals surface area contributed by atoms with Gasteiger partial charge in [0.15, 0.2) is 0 Å². The molecular formula is C14H18N4O. The molecule has 0 bridgehead atoms. The van der Waals surface area contributed by atoms with Gasteiger partial charge >= 0.3 is 0 Å². The first-order valence-electron chi connectivity index (χ1n) is 5.99. The minimum Gasteiger partial charge on any atom is -0.472 e. The minimum absolute atomic E-state index is 0.0349. The highest BCUT2D eigenvalue weighted by atomic mass is 16.3. The summed E-state index contributed by atoms with van der Waals surface area (Å²) in [5, 5.41) is 24.1. The number of rotatable bonds is 5. The van der Waals surface area contributed by atoms with Crippen molar-refractivity contribution >= 4 is 0 Å². The summed E-state index contributed by atoms with van der Waals surface area (Å²) in [5.74, 6) is 0. The summed E-state index contributed by atoms with van der Waals surface area (Å²) in [6, 6.07) is 5.82. The Labute approximate surface area is 113 Å². The normalized spacial score (nSPS) is 12.1. The monoisotopic (exact) mass is 258 g/mol. The van der Waals surface area contributed by atoms with Gasteiger partial charge in [-0.15, -0.1) is 0 Å². The molecule has 100 valence electrons. The molecule has 0 aliphatic carbocycles. The van der Waals surface area contributed by atoms with Crippen LogP contribution in [0.3, 0.4) is 0 Å². The molecule has 0 atom stereocenters. The molecule has 0 saturated heterocycles. The van der Waals surface area contributed by atoms with Gasteiger partial charge in [-0.3, -0.25) is 0 Å². The molecule has 1 heterocycles. The van der Waals surface area contributed by atoms with E-state index < -0.39 is 0 Å². The molecular weight excluding hydrogens is 240 g/mol. The smallest absolute Gasteiger partial charge is 0.148 e. The molecule has 5 heteroatoms. The molecule has 0 aromatic carbocycles. The van der Waals surface area contributed by atoms with Crippen molar-refractivity contribution in [3.63, 3.8) is 0 Å². The van der Waals surface area contributed by atoms with Crippen molar-refractivity contribution in [3.8, 4) is 12.1 Å². The van der Waals surface area contributed by atoms with Crippen molar-refractivity contribution in [1.29, 1.82) is 10.5 Å². The molecule has 0 saturated carbocycles. The Morgan fingerprint density at radius 1 is 1.21 bits per heavy atom. The number of hydrogen-bond donors (Lipinski definition) is 2. The minimum atomic E-state index is 0.0349. The molecule has 0 radical (unpaired) electrons. The van der Waals surface area contributed by atoms with Crippen LogP contribution in [0, 0.1) is 28.1 Å². The Kier molecular flexibility index (Phi) is 5.02. The van der Waals surface area contributed by atoms with Gasteiger partial charge in [-0.25, -0.2) is 0 Å². The SMILES string of the molecule is CC(C)(C)CN/C(C#N)=C(\C#N)NCc1ccoc1. The number of hydrogen-bond acceptors (Lipinski definition) is 5. The van der Waals surface area contributed by atoms with Gasteiger partial charge in [0.05, 0.1) is 12.5 Å². The summed E-state index contributed by atoms with van der Waals surface area (Å²) in [5.41, 5.74) is 1.46. The zero-order valence-corrected chi connectivity index (χ0v) is 11.4. The molecule has 0 unspecified atom stereocenters. The summed E-state index contributed by atoms with van der Waals surface area (Å²) < 4.78 is 4.94. The van der Waals surface area contributed by atoms with E-state index in [-0.39, 0.29) is 16.8 Å². The summed E-state index contributed by atoms with van der Waals surface area (Å²) in [4.78, 5) is 0. The lowest BCUT2D eigenvalue weighted by Gasteiger charge is -2.19. The third-order valence-electron chi connectivity index (χ3n) is 2.32. The topological polar surface area (TPSA) is 84.8 Å². The molecule has 0 aliphatic rings. The predicted octanol–water partition coefficient (Wildman–Crippen LogP) is 2.26. The summed E-state index contributed by atoms with van der Waals surface area (Å²) in [6.45, 7) is 7.23. The average molecular weight is 258 g/mol. The maximum Gasteiger partial charge on any atom is 0.148 e. The first-order valence-corrected chi connectivity index (χ1v) is 5.99. The van der Waals surface area contributed by atoms with Crippen molar-refractivity contribution in [2.24, 2.45) is 5.41 Å². The van der Waals surface area contributed by atoms with Gasteiger partial charge in [-0.05, 0) is 11.5 Å². The van der Waals surface area contributed by atoms with E-state index in [2.05, 4.69) is 31.4 Å². The van der Waals surface area contributed by atoms with Gasteiger partial charge in [-0.1, -0.05) is 20.8 Å². The van der Waals surface area contributed by atoms with Crippen molar-refractivity contribution in [1.82, 2.24) is 10.6 Å². The Bertz CT molecular complexity index is 509. The summed E-state index contributed by atoms with van der Waals surface area (Å²) in [7, 11) is 0. The van der Waals surface area contributed by atoms with Crippen LogP contribution in [0.2, 0.25) is 0 Å². The fraction of sp³-hybridized carbons (Fsp3) is 0.429. The molecule has 0 fully saturated rings. The number of allylic oxidation sites excluding steroid dienone is 2. The second-order valence-corrected chi connectivity index (χ2v) is 5.37. The van der Waals surface area contributed by atoms with E-state index in [4.69, 9.17) is 14.9 Å². The number of nitriles is 2. The lowest BCUT2D eigenvalue weighted by molar-refractivity contribution is 0.398. The predicted molar refractivity (Wildman–Crippen MR) is 71.3 cm³/mol. The average Bonchev–Trinajstić information content (AvgIpc) is 2.85. The van der Waals surface area contributed by atoms with Gasteiger partial charge in [0.1, 0.15) is 23.5 Å². The zero-order chi connectivity index (χ0) is 14.3. The molecule has 5 nitrogen and oxygen atoms in total. The van der Waals surface area contributed by atoms with Crippen LogP contribution >= 0.6 is 0 Å². The molecule has 1 aromatic heterocycles. The quantitative estimate of drug-likeness (QED) is 0.791. The first-order chi connectivity index (χ1) is 8.96. The molecule has 0 aliphatic heterocycles. The van der Waals surface area contributed by atoms with Gasteiger partial charge in [0, 0.05) is 18.7 Å². The van der Waals surface area contributed by atoms with Crippen molar-refractivity contribution in [2.75, 3.05) is 6.54 Å². The van der Waals surface area contributed by atoms with Gasteiger partial charge < -0.3 is 15.1 Å². The van der Waals surface area contributed by atoms with Crippen LogP contribution in [0.4, 0.5) is 0 Å². The van der Waals surface area contributed by atoms with E-state index in [1.54, 1.807) is 18.6 Å². The van der Waals surface area contributed by atoms with Gasteiger partial charge in [0.25, 0.3) is 0 Å². The standard InChI is InChI=1S/C14H18N4O/c1-14(2,3)10-18-13(7-16)12(6-15)17-8-11-4-5-19-9-11/h4-5,9,17-18H,8,10H2,1-3H3/b13-12+. The molecule has 1 aromatic rings. The van der Waals surface area contributed by atoms with Crippen LogP contribution in [0.15, 0.2) is 34.4 Å². The number of nitrogens with one attached hydrogen (secondary N) is 2. The molecule has 1 rings (SSSR count). The Hall–Kier alpha value is -2.40. The second kappa shape index (κ2) is 6.51. The zero-order valence-electron chi connectivity index (χ0n) is 11.4. The van der Waals surface area contributed by atoms with E-state index in [9.17, 15) is 0 Å². The highest BCUT2D eigenvalue weighted by molar-refractivity contribution is 5.34. The third kappa shape index (κ3) is 5.18. The van der Waals surface area contributed by atoms with Crippen LogP contribution in [0.25, 0.3) is 0 Å². The lowest BCUT2D eigenvalue weighted by atomic mass is 9.97. The Morgan fingerprint density at radius 3 is 2.32 bits per heavy atom. The Morgan fingerprint density at radius 2 is 1.84 bits per heavy atom. The van der Waals surface area contributed by atoms with Crippen LogP contribution in [-0.2, 0) is 6.54 Å². The van der Waals surface area contributed by atoms with Crippen LogP contribution in [-0.4, -0.2) is 6.54 Å². The maximum atomic E-state index is 9.10. The first kappa shape index (κ1) is 14.7. The van der Waals surface area contributed by atoms with Crippen molar-refractivity contribution in [3.05, 3.63) is 35.6 Å². The largest absolute Gasteiger partial charge is 0.472 e. The molecule has 2 N–H and O–H groups in total. The van der Waals surface area contributed by atoms with Crippen LogP contribution < -0.4 is 10.6 Å². The maximum absolute atomic E-state index is 9.10. The highest BCUT2D eigenvalue weighted by Gasteiger charge is 2.13. The fourth-order valence-corrected chi connectivity index (χ4v) is 1.30. The second-order valence-electron chi connectivity index (χ2n) is 5.37. The van der Waals surface area contributed by atoms with Crippen molar-refractivity contribution in [2.45, 2.75) is 27.3 Å². The van der Waals surface area contributed by atoms with Gasteiger partial charge in [-0.2, -0.15) is 10.5 Å². The van der Waals surface area contributed by atoms with Crippen molar-refractivity contribution < 1.29 is 4.42 Å². The molecule has 0 amide bonds. The van der Waals surface area contributed by atoms with Gasteiger partial charge in [0.2, 0.25) is 0 Å². The van der Waals surface area contributed by atoms with E-state index in [0.29, 0.717) is 13.1 Å². The van der Waals surface area contributed by atoms with Crippen LogP contribution in [0.5, 0.6) is 0 Å². The lowest BCUT2D eigenvalue weighted by Crippen LogP contribution is -2.28. The van der Waals surface area contributed by atoms with E-state index in [1.165, 1.54) is 0 Å². The van der Waals surface area contributed by atoms with E-state index >= 15 is 0 Å². The van der Waals surface area contributed by atoms with E-state index in [1.807, 2.05) is 12.1 Å². The highest BCUT2D eigenvalue weighted by Crippen LogP contribution is 2.12. The molecule has 19 heavy (non-hydrogen) atoms. The van der Waals surface area contributed by atoms with Crippen LogP contribution in [0.1, 0.15) is 26.3 Å². The van der Waals surface area contributed by atoms with E-state index in [0.717, 1.165) is 5.56 Å². The third-order valence-corrected chi connectivity index (χ3v) is 2.32. The Balaban J connectivity index is 2.70. The summed E-state index contributed by atoms with van der Waals surface area (Å²) in [6.07, 6.45) is 3.16. The molecule has 0 spiro atoms. The summed E-state index contributed by atoms with van der Waals surface area (Å²) >= 11 is 0.